The van der Waals surface area contributed by atoms with Crippen LogP contribution in [0, 0.1) is 0 Å². The van der Waals surface area contributed by atoms with Gasteiger partial charge >= 0.3 is 6.09 Å². The predicted molar refractivity (Wildman–Crippen MR) is 66.8 cm³/mol. The minimum atomic E-state index is -0.436. The topological polar surface area (TPSA) is 38.3 Å². The maximum atomic E-state index is 11.4. The number of carbonyl (C=O) groups is 1. The number of nitrogens with one attached hydrogen (secondary N) is 1. The number of hydrogen-bond acceptors (Lipinski definition) is 3. The van der Waals surface area contributed by atoms with Crippen LogP contribution in [-0.2, 0) is 17.7 Å². The average molecular weight is 241 g/mol. The van der Waals surface area contributed by atoms with Gasteiger partial charge in [0.15, 0.2) is 0 Å². The van der Waals surface area contributed by atoms with Crippen molar-refractivity contribution in [2.24, 2.45) is 0 Å². The van der Waals surface area contributed by atoms with Crippen molar-refractivity contribution in [3.8, 4) is 0 Å². The summed E-state index contributed by atoms with van der Waals surface area (Å²) in [6.45, 7) is 8.23. The van der Waals surface area contributed by atoms with Gasteiger partial charge in [-0.15, -0.1) is 11.3 Å². The van der Waals surface area contributed by atoms with Gasteiger partial charge in [-0.1, -0.05) is 6.92 Å². The van der Waals surface area contributed by atoms with E-state index in [0.29, 0.717) is 6.54 Å². The van der Waals surface area contributed by atoms with Crippen molar-refractivity contribution in [1.82, 2.24) is 5.32 Å². The van der Waals surface area contributed by atoms with Crippen molar-refractivity contribution in [2.75, 3.05) is 0 Å². The van der Waals surface area contributed by atoms with Gasteiger partial charge in [0.25, 0.3) is 0 Å². The Morgan fingerprint density at radius 2 is 2.00 bits per heavy atom. The third-order valence-corrected chi connectivity index (χ3v) is 3.10. The van der Waals surface area contributed by atoms with E-state index in [0.717, 1.165) is 11.3 Å². The standard InChI is InChI=1S/C12H19NO2S/c1-5-9-6-7-10(16-9)8-13-11(14)15-12(2,3)4/h6-7H,5,8H2,1-4H3,(H,13,14). The van der Waals surface area contributed by atoms with Gasteiger partial charge in [-0.05, 0) is 39.3 Å². The van der Waals surface area contributed by atoms with Gasteiger partial charge in [-0.2, -0.15) is 0 Å². The molecule has 0 aliphatic heterocycles. The molecule has 16 heavy (non-hydrogen) atoms. The Bertz CT molecular complexity index is 352. The fourth-order valence-corrected chi connectivity index (χ4v) is 2.08. The van der Waals surface area contributed by atoms with Gasteiger partial charge in [0.05, 0.1) is 6.54 Å². The van der Waals surface area contributed by atoms with Crippen LogP contribution in [0.15, 0.2) is 12.1 Å². The van der Waals surface area contributed by atoms with Crippen molar-refractivity contribution in [3.63, 3.8) is 0 Å². The van der Waals surface area contributed by atoms with Gasteiger partial charge in [0, 0.05) is 9.75 Å². The van der Waals surface area contributed by atoms with E-state index < -0.39 is 5.60 Å². The van der Waals surface area contributed by atoms with Crippen LogP contribution in [0.25, 0.3) is 0 Å². The molecule has 0 saturated heterocycles. The molecule has 0 saturated carbocycles. The van der Waals surface area contributed by atoms with E-state index >= 15 is 0 Å². The van der Waals surface area contributed by atoms with Crippen LogP contribution in [-0.4, -0.2) is 11.7 Å². The summed E-state index contributed by atoms with van der Waals surface area (Å²) in [4.78, 5) is 13.9. The van der Waals surface area contributed by atoms with E-state index in [2.05, 4.69) is 18.3 Å². The summed E-state index contributed by atoms with van der Waals surface area (Å²) in [5, 5.41) is 2.74. The number of aryl methyl sites for hydroxylation is 1. The SMILES string of the molecule is CCc1ccc(CNC(=O)OC(C)(C)C)s1. The van der Waals surface area contributed by atoms with Crippen molar-refractivity contribution in [2.45, 2.75) is 46.3 Å². The molecular formula is C12H19NO2S. The van der Waals surface area contributed by atoms with Gasteiger partial charge < -0.3 is 10.1 Å². The average Bonchev–Trinajstić information content (AvgIpc) is 2.59. The summed E-state index contributed by atoms with van der Waals surface area (Å²) < 4.78 is 5.15. The summed E-state index contributed by atoms with van der Waals surface area (Å²) in [5.41, 5.74) is -0.436. The monoisotopic (exact) mass is 241 g/mol. The molecule has 0 unspecified atom stereocenters. The molecule has 0 atom stereocenters. The zero-order chi connectivity index (χ0) is 12.2. The lowest BCUT2D eigenvalue weighted by atomic mass is 10.2. The van der Waals surface area contributed by atoms with E-state index in [4.69, 9.17) is 4.74 Å². The Hall–Kier alpha value is -1.03. The highest BCUT2D eigenvalue weighted by Gasteiger charge is 2.15. The summed E-state index contributed by atoms with van der Waals surface area (Å²) >= 11 is 1.72. The largest absolute Gasteiger partial charge is 0.444 e. The molecule has 0 aliphatic rings. The minimum Gasteiger partial charge on any atom is -0.444 e. The van der Waals surface area contributed by atoms with Crippen LogP contribution >= 0.6 is 11.3 Å². The van der Waals surface area contributed by atoms with Crippen molar-refractivity contribution in [3.05, 3.63) is 21.9 Å². The molecule has 0 radical (unpaired) electrons. The number of alkyl carbamates (subject to hydrolysis) is 1. The Balaban J connectivity index is 2.37. The van der Waals surface area contributed by atoms with Crippen LogP contribution in [0.1, 0.15) is 37.4 Å². The first-order valence-electron chi connectivity index (χ1n) is 5.45. The van der Waals surface area contributed by atoms with Crippen LogP contribution in [0.5, 0.6) is 0 Å². The first-order chi connectivity index (χ1) is 7.40. The summed E-state index contributed by atoms with van der Waals surface area (Å²) in [7, 11) is 0. The Kier molecular flexibility index (Phi) is 4.35. The normalized spacial score (nSPS) is 11.2. The molecule has 0 fully saturated rings. The zero-order valence-corrected chi connectivity index (χ0v) is 11.1. The van der Waals surface area contributed by atoms with Crippen LogP contribution in [0.4, 0.5) is 4.79 Å². The first kappa shape index (κ1) is 13.0. The molecule has 0 aromatic carbocycles. The van der Waals surface area contributed by atoms with Crippen molar-refractivity contribution >= 4 is 17.4 Å². The second-order valence-electron chi connectivity index (χ2n) is 4.58. The molecule has 1 aromatic heterocycles. The molecule has 0 bridgehead atoms. The van der Waals surface area contributed by atoms with Gasteiger partial charge in [-0.3, -0.25) is 0 Å². The Morgan fingerprint density at radius 3 is 2.50 bits per heavy atom. The molecule has 1 amide bonds. The van der Waals surface area contributed by atoms with Crippen LogP contribution in [0.3, 0.4) is 0 Å². The molecule has 1 N–H and O–H groups in total. The number of hydrogen-bond donors (Lipinski definition) is 1. The van der Waals surface area contributed by atoms with Gasteiger partial charge in [-0.25, -0.2) is 4.79 Å². The maximum Gasteiger partial charge on any atom is 0.407 e. The van der Waals surface area contributed by atoms with E-state index in [1.54, 1.807) is 11.3 Å². The lowest BCUT2D eigenvalue weighted by Crippen LogP contribution is -2.31. The quantitative estimate of drug-likeness (QED) is 0.881. The number of rotatable bonds is 3. The van der Waals surface area contributed by atoms with E-state index in [9.17, 15) is 4.79 Å². The highest BCUT2D eigenvalue weighted by Crippen LogP contribution is 2.16. The lowest BCUT2D eigenvalue weighted by molar-refractivity contribution is 0.0524. The molecule has 1 rings (SSSR count). The minimum absolute atomic E-state index is 0.362. The van der Waals surface area contributed by atoms with Crippen molar-refractivity contribution in [1.29, 1.82) is 0 Å². The lowest BCUT2D eigenvalue weighted by Gasteiger charge is -2.19. The third kappa shape index (κ3) is 4.66. The van der Waals surface area contributed by atoms with E-state index in [1.165, 1.54) is 4.88 Å². The number of thiophene rings is 1. The summed E-state index contributed by atoms with van der Waals surface area (Å²) in [6.07, 6.45) is 0.677. The smallest absolute Gasteiger partial charge is 0.407 e. The van der Waals surface area contributed by atoms with Crippen LogP contribution < -0.4 is 5.32 Å². The molecule has 4 heteroatoms. The zero-order valence-electron chi connectivity index (χ0n) is 10.3. The molecule has 1 heterocycles. The number of carbonyl (C=O) groups excluding carboxylic acids is 1. The fourth-order valence-electron chi connectivity index (χ4n) is 1.18. The number of amides is 1. The molecule has 90 valence electrons. The molecule has 0 aliphatic carbocycles. The maximum absolute atomic E-state index is 11.4. The van der Waals surface area contributed by atoms with Crippen LogP contribution in [0.2, 0.25) is 0 Å². The third-order valence-electron chi connectivity index (χ3n) is 1.87. The predicted octanol–water partition coefficient (Wildman–Crippen LogP) is 3.34. The molecule has 3 nitrogen and oxygen atoms in total. The summed E-state index contributed by atoms with van der Waals surface area (Å²) in [5.74, 6) is 0. The van der Waals surface area contributed by atoms with E-state index in [1.807, 2.05) is 26.8 Å². The summed E-state index contributed by atoms with van der Waals surface area (Å²) in [6, 6.07) is 4.14. The number of ether oxygens (including phenoxy) is 1. The molecule has 1 aromatic rings. The fraction of sp³-hybridized carbons (Fsp3) is 0.583. The molecular weight excluding hydrogens is 222 g/mol. The van der Waals surface area contributed by atoms with Crippen molar-refractivity contribution < 1.29 is 9.53 Å². The Labute approximate surface area is 101 Å². The highest BCUT2D eigenvalue weighted by molar-refractivity contribution is 7.11. The second-order valence-corrected chi connectivity index (χ2v) is 5.83. The highest BCUT2D eigenvalue weighted by atomic mass is 32.1. The van der Waals surface area contributed by atoms with Gasteiger partial charge in [0.1, 0.15) is 5.60 Å². The van der Waals surface area contributed by atoms with E-state index in [-0.39, 0.29) is 6.09 Å². The molecule has 0 spiro atoms. The first-order valence-corrected chi connectivity index (χ1v) is 6.27. The Morgan fingerprint density at radius 1 is 1.38 bits per heavy atom. The second kappa shape index (κ2) is 5.34. The van der Waals surface area contributed by atoms with Gasteiger partial charge in [0.2, 0.25) is 0 Å².